The van der Waals surface area contributed by atoms with Crippen LogP contribution in [0.2, 0.25) is 10.0 Å². The van der Waals surface area contributed by atoms with Gasteiger partial charge >= 0.3 is 0 Å². The summed E-state index contributed by atoms with van der Waals surface area (Å²) < 4.78 is 39.3. The third kappa shape index (κ3) is 6.95. The van der Waals surface area contributed by atoms with Crippen molar-refractivity contribution in [3.05, 3.63) is 82.3 Å². The largest absolute Gasteiger partial charge is 0.493 e. The molecule has 39 heavy (non-hydrogen) atoms. The van der Waals surface area contributed by atoms with Crippen LogP contribution < -0.4 is 19.1 Å². The lowest BCUT2D eigenvalue weighted by Crippen LogP contribution is -2.50. The first kappa shape index (κ1) is 30.1. The SMILES string of the molecule is CNC(=O)[C@H](C)N(Cc1ccc(Cl)c(Cl)c1)C(=O)CN(c1ccc(OC)c(OC)c1)S(=O)(=O)c1ccccc1. The minimum absolute atomic E-state index is 0.0111. The number of carbonyl (C=O) groups excluding carboxylic acids is 2. The summed E-state index contributed by atoms with van der Waals surface area (Å²) in [6.45, 7) is 0.936. The van der Waals surface area contributed by atoms with E-state index in [4.69, 9.17) is 32.7 Å². The Morgan fingerprint density at radius 3 is 2.18 bits per heavy atom. The molecule has 3 aromatic rings. The number of hydrogen-bond donors (Lipinski definition) is 1. The number of methoxy groups -OCH3 is 2. The van der Waals surface area contributed by atoms with Crippen molar-refractivity contribution in [3.63, 3.8) is 0 Å². The number of likely N-dealkylation sites (N-methyl/N-ethyl adjacent to an activating group) is 1. The third-order valence-electron chi connectivity index (χ3n) is 6.02. The Hall–Kier alpha value is -3.47. The summed E-state index contributed by atoms with van der Waals surface area (Å²) >= 11 is 12.2. The van der Waals surface area contributed by atoms with E-state index in [2.05, 4.69) is 5.32 Å². The molecule has 3 rings (SSSR count). The first-order valence-electron chi connectivity index (χ1n) is 11.8. The highest BCUT2D eigenvalue weighted by molar-refractivity contribution is 7.92. The highest BCUT2D eigenvalue weighted by atomic mass is 35.5. The fraction of sp³-hybridized carbons (Fsp3) is 0.259. The van der Waals surface area contributed by atoms with Crippen molar-refractivity contribution >= 4 is 50.7 Å². The van der Waals surface area contributed by atoms with Gasteiger partial charge in [0.15, 0.2) is 11.5 Å². The number of sulfonamides is 1. The molecule has 0 unspecified atom stereocenters. The van der Waals surface area contributed by atoms with E-state index < -0.39 is 34.4 Å². The van der Waals surface area contributed by atoms with Gasteiger partial charge in [-0.05, 0) is 48.9 Å². The van der Waals surface area contributed by atoms with Gasteiger partial charge in [-0.1, -0.05) is 47.5 Å². The van der Waals surface area contributed by atoms with Crippen molar-refractivity contribution in [2.75, 3.05) is 32.1 Å². The Kier molecular flexibility index (Phi) is 10.1. The summed E-state index contributed by atoms with van der Waals surface area (Å²) in [6, 6.07) is 16.2. The molecule has 1 N–H and O–H groups in total. The van der Waals surface area contributed by atoms with Crippen molar-refractivity contribution in [3.8, 4) is 11.5 Å². The van der Waals surface area contributed by atoms with Crippen LogP contribution >= 0.6 is 23.2 Å². The van der Waals surface area contributed by atoms with E-state index in [1.807, 2.05) is 0 Å². The number of rotatable bonds is 11. The second-order valence-electron chi connectivity index (χ2n) is 8.42. The molecule has 1 atom stereocenters. The highest BCUT2D eigenvalue weighted by Crippen LogP contribution is 2.34. The number of hydrogen-bond acceptors (Lipinski definition) is 6. The average molecular weight is 595 g/mol. The van der Waals surface area contributed by atoms with Crippen LogP contribution in [0.3, 0.4) is 0 Å². The van der Waals surface area contributed by atoms with Gasteiger partial charge in [-0.15, -0.1) is 0 Å². The molecule has 0 aromatic heterocycles. The summed E-state index contributed by atoms with van der Waals surface area (Å²) in [5, 5.41) is 3.16. The van der Waals surface area contributed by atoms with Crippen LogP contribution in [0, 0.1) is 0 Å². The number of nitrogens with one attached hydrogen (secondary N) is 1. The Balaban J connectivity index is 2.08. The number of anilines is 1. The average Bonchev–Trinajstić information content (AvgIpc) is 2.95. The molecule has 0 aliphatic heterocycles. The number of carbonyl (C=O) groups is 2. The van der Waals surface area contributed by atoms with E-state index in [1.54, 1.807) is 49.4 Å². The number of benzene rings is 3. The summed E-state index contributed by atoms with van der Waals surface area (Å²) in [4.78, 5) is 27.7. The smallest absolute Gasteiger partial charge is 0.264 e. The molecule has 208 valence electrons. The normalized spacial score (nSPS) is 11.8. The molecule has 0 saturated carbocycles. The second-order valence-corrected chi connectivity index (χ2v) is 11.1. The molecule has 3 aromatic carbocycles. The van der Waals surface area contributed by atoms with Crippen LogP contribution in [-0.4, -0.2) is 59.0 Å². The van der Waals surface area contributed by atoms with Crippen molar-refractivity contribution in [2.24, 2.45) is 0 Å². The zero-order valence-electron chi connectivity index (χ0n) is 21.9. The molecule has 0 saturated heterocycles. The van der Waals surface area contributed by atoms with Crippen LogP contribution in [0.25, 0.3) is 0 Å². The fourth-order valence-corrected chi connectivity index (χ4v) is 5.60. The monoisotopic (exact) mass is 593 g/mol. The molecule has 0 aliphatic rings. The molecular weight excluding hydrogens is 565 g/mol. The van der Waals surface area contributed by atoms with E-state index in [-0.39, 0.29) is 27.9 Å². The van der Waals surface area contributed by atoms with Gasteiger partial charge in [0, 0.05) is 19.7 Å². The predicted molar refractivity (Wildman–Crippen MR) is 151 cm³/mol. The molecule has 0 fully saturated rings. The van der Waals surface area contributed by atoms with Crippen LogP contribution in [0.15, 0.2) is 71.6 Å². The van der Waals surface area contributed by atoms with Gasteiger partial charge in [-0.25, -0.2) is 8.42 Å². The Morgan fingerprint density at radius 1 is 0.923 bits per heavy atom. The predicted octanol–water partition coefficient (Wildman–Crippen LogP) is 4.37. The van der Waals surface area contributed by atoms with Crippen LogP contribution in [-0.2, 0) is 26.2 Å². The molecule has 12 heteroatoms. The van der Waals surface area contributed by atoms with E-state index in [0.717, 1.165) is 4.31 Å². The van der Waals surface area contributed by atoms with E-state index in [1.165, 1.54) is 50.4 Å². The first-order chi connectivity index (χ1) is 18.5. The molecular formula is C27H29Cl2N3O6S. The molecule has 0 radical (unpaired) electrons. The zero-order valence-corrected chi connectivity index (χ0v) is 24.2. The van der Waals surface area contributed by atoms with Crippen LogP contribution in [0.5, 0.6) is 11.5 Å². The summed E-state index contributed by atoms with van der Waals surface area (Å²) in [6.07, 6.45) is 0. The van der Waals surface area contributed by atoms with E-state index >= 15 is 0 Å². The maximum atomic E-state index is 13.8. The minimum atomic E-state index is -4.21. The summed E-state index contributed by atoms with van der Waals surface area (Å²) in [5.74, 6) is -0.375. The topological polar surface area (TPSA) is 105 Å². The summed E-state index contributed by atoms with van der Waals surface area (Å²) in [7, 11) is 0.124. The molecule has 0 heterocycles. The van der Waals surface area contributed by atoms with Crippen molar-refractivity contribution in [2.45, 2.75) is 24.4 Å². The van der Waals surface area contributed by atoms with Gasteiger partial charge in [-0.2, -0.15) is 0 Å². The number of amides is 2. The van der Waals surface area contributed by atoms with Gasteiger partial charge in [0.1, 0.15) is 12.6 Å². The number of ether oxygens (including phenoxy) is 2. The van der Waals surface area contributed by atoms with Gasteiger partial charge < -0.3 is 19.7 Å². The van der Waals surface area contributed by atoms with Gasteiger partial charge in [0.2, 0.25) is 11.8 Å². The maximum Gasteiger partial charge on any atom is 0.264 e. The van der Waals surface area contributed by atoms with E-state index in [0.29, 0.717) is 16.3 Å². The standard InChI is InChI=1S/C27H29Cl2N3O6S/c1-18(27(34)30-2)31(16-19-10-12-22(28)23(29)14-19)26(33)17-32(39(35,36)21-8-6-5-7-9-21)20-11-13-24(37-3)25(15-20)38-4/h5-15,18H,16-17H2,1-4H3,(H,30,34)/t18-/m0/s1. The quantitative estimate of drug-likeness (QED) is 0.354. The fourth-order valence-electron chi connectivity index (χ4n) is 3.85. The molecule has 0 aliphatic carbocycles. The minimum Gasteiger partial charge on any atom is -0.493 e. The highest BCUT2D eigenvalue weighted by Gasteiger charge is 2.32. The molecule has 2 amide bonds. The van der Waals surface area contributed by atoms with Gasteiger partial charge in [-0.3, -0.25) is 13.9 Å². The van der Waals surface area contributed by atoms with Crippen molar-refractivity contribution in [1.29, 1.82) is 0 Å². The van der Waals surface area contributed by atoms with Crippen molar-refractivity contribution < 1.29 is 27.5 Å². The second kappa shape index (κ2) is 13.1. The first-order valence-corrected chi connectivity index (χ1v) is 14.0. The van der Waals surface area contributed by atoms with Crippen molar-refractivity contribution in [1.82, 2.24) is 10.2 Å². The van der Waals surface area contributed by atoms with E-state index in [9.17, 15) is 18.0 Å². The summed E-state index contributed by atoms with van der Waals surface area (Å²) in [5.41, 5.74) is 0.782. The Labute approximate surface area is 238 Å². The van der Waals surface area contributed by atoms with Crippen LogP contribution in [0.1, 0.15) is 12.5 Å². The number of halogens is 2. The van der Waals surface area contributed by atoms with Gasteiger partial charge in [0.25, 0.3) is 10.0 Å². The van der Waals surface area contributed by atoms with Gasteiger partial charge in [0.05, 0.1) is 34.8 Å². The lowest BCUT2D eigenvalue weighted by Gasteiger charge is -2.32. The third-order valence-corrected chi connectivity index (χ3v) is 8.54. The molecule has 0 bridgehead atoms. The molecule has 9 nitrogen and oxygen atoms in total. The molecule has 0 spiro atoms. The lowest BCUT2D eigenvalue weighted by atomic mass is 10.1. The lowest BCUT2D eigenvalue weighted by molar-refractivity contribution is -0.139. The maximum absolute atomic E-state index is 13.8. The Morgan fingerprint density at radius 2 is 1.59 bits per heavy atom. The Bertz CT molecular complexity index is 1440. The van der Waals surface area contributed by atoms with Crippen LogP contribution in [0.4, 0.5) is 5.69 Å². The number of nitrogens with zero attached hydrogens (tertiary/aromatic N) is 2. The zero-order chi connectivity index (χ0) is 28.7.